The fourth-order valence-electron chi connectivity index (χ4n) is 3.38. The van der Waals surface area contributed by atoms with Gasteiger partial charge in [0.05, 0.1) is 27.0 Å². The summed E-state index contributed by atoms with van der Waals surface area (Å²) in [6.45, 7) is 1.46. The van der Waals surface area contributed by atoms with Gasteiger partial charge in [0, 0.05) is 29.6 Å². The van der Waals surface area contributed by atoms with Gasteiger partial charge in [-0.15, -0.1) is 16.4 Å². The number of nitrogens with one attached hydrogen (secondary N) is 2. The third-order valence-electron chi connectivity index (χ3n) is 4.93. The molecule has 0 radical (unpaired) electrons. The van der Waals surface area contributed by atoms with Crippen molar-refractivity contribution in [3.05, 3.63) is 53.4 Å². The lowest BCUT2D eigenvalue weighted by Gasteiger charge is -2.12. The molecule has 0 aliphatic rings. The van der Waals surface area contributed by atoms with E-state index in [9.17, 15) is 9.59 Å². The summed E-state index contributed by atoms with van der Waals surface area (Å²) in [6.07, 6.45) is 3.00. The maximum Gasteiger partial charge on any atom is 0.250 e. The van der Waals surface area contributed by atoms with E-state index in [2.05, 4.69) is 20.7 Å². The van der Waals surface area contributed by atoms with Gasteiger partial charge in [-0.05, 0) is 35.9 Å². The average molecular weight is 494 g/mol. The molecule has 0 unspecified atom stereocenters. The number of anilines is 2. The van der Waals surface area contributed by atoms with Gasteiger partial charge in [0.1, 0.15) is 0 Å². The molecule has 35 heavy (non-hydrogen) atoms. The van der Waals surface area contributed by atoms with Crippen molar-refractivity contribution >= 4 is 45.8 Å². The van der Waals surface area contributed by atoms with E-state index in [1.807, 2.05) is 29.6 Å². The molecule has 0 spiro atoms. The van der Waals surface area contributed by atoms with Crippen LogP contribution in [0.5, 0.6) is 17.2 Å². The number of amides is 2. The third-order valence-corrected chi connectivity index (χ3v) is 5.75. The number of carbonyl (C=O) groups is 2. The average Bonchev–Trinajstić information content (AvgIpc) is 3.42. The molecule has 180 valence electrons. The van der Waals surface area contributed by atoms with Gasteiger partial charge in [-0.25, -0.2) is 4.52 Å². The highest BCUT2D eigenvalue weighted by atomic mass is 32.1. The molecule has 2 aromatic heterocycles. The van der Waals surface area contributed by atoms with Gasteiger partial charge in [-0.1, -0.05) is 12.1 Å². The fourth-order valence-corrected chi connectivity index (χ4v) is 4.21. The number of nitrogens with zero attached hydrogens (tertiary/aromatic N) is 3. The van der Waals surface area contributed by atoms with Crippen LogP contribution in [0.1, 0.15) is 12.5 Å². The number of hydrogen-bond acceptors (Lipinski definition) is 8. The number of aromatic nitrogens is 3. The van der Waals surface area contributed by atoms with E-state index < -0.39 is 5.91 Å². The summed E-state index contributed by atoms with van der Waals surface area (Å²) in [6, 6.07) is 10.9. The molecule has 11 heteroatoms. The monoisotopic (exact) mass is 493 g/mol. The number of hydrogen-bond donors (Lipinski definition) is 2. The number of carbonyl (C=O) groups excluding carboxylic acids is 2. The molecule has 2 N–H and O–H groups in total. The number of benzene rings is 2. The van der Waals surface area contributed by atoms with Gasteiger partial charge in [-0.2, -0.15) is 4.98 Å². The van der Waals surface area contributed by atoms with Crippen LogP contribution in [0.3, 0.4) is 0 Å². The van der Waals surface area contributed by atoms with Crippen molar-refractivity contribution in [2.75, 3.05) is 32.0 Å². The first-order chi connectivity index (χ1) is 16.9. The van der Waals surface area contributed by atoms with Gasteiger partial charge in [0.15, 0.2) is 11.5 Å². The van der Waals surface area contributed by atoms with Crippen molar-refractivity contribution < 1.29 is 23.8 Å². The number of thiazole rings is 1. The molecular weight excluding hydrogens is 470 g/mol. The van der Waals surface area contributed by atoms with Crippen molar-refractivity contribution in [1.82, 2.24) is 14.6 Å². The summed E-state index contributed by atoms with van der Waals surface area (Å²) in [5.74, 6) is 1.11. The van der Waals surface area contributed by atoms with E-state index in [-0.39, 0.29) is 11.9 Å². The SMILES string of the molecule is COc1cc(/C=C/C(=O)Nc2nc3scc(-c4ccc(NC(C)=O)cc4)n3n2)cc(OC)c1OC. The summed E-state index contributed by atoms with van der Waals surface area (Å²) in [7, 11) is 4.58. The molecule has 4 aromatic rings. The minimum absolute atomic E-state index is 0.133. The second-order valence-corrected chi connectivity index (χ2v) is 8.13. The lowest BCUT2D eigenvalue weighted by atomic mass is 10.1. The molecule has 10 nitrogen and oxygen atoms in total. The third kappa shape index (κ3) is 5.25. The van der Waals surface area contributed by atoms with Crippen LogP contribution in [-0.2, 0) is 9.59 Å². The number of ether oxygens (including phenoxy) is 3. The van der Waals surface area contributed by atoms with Gasteiger partial charge in [0.25, 0.3) is 11.9 Å². The van der Waals surface area contributed by atoms with E-state index in [1.165, 1.54) is 45.7 Å². The highest BCUT2D eigenvalue weighted by molar-refractivity contribution is 7.15. The minimum Gasteiger partial charge on any atom is -0.493 e. The molecule has 0 saturated carbocycles. The zero-order valence-electron chi connectivity index (χ0n) is 19.5. The second kappa shape index (κ2) is 10.3. The van der Waals surface area contributed by atoms with Crippen LogP contribution in [0.25, 0.3) is 22.3 Å². The lowest BCUT2D eigenvalue weighted by molar-refractivity contribution is -0.114. The quantitative estimate of drug-likeness (QED) is 0.355. The van der Waals surface area contributed by atoms with E-state index in [1.54, 1.807) is 22.7 Å². The predicted octanol–water partition coefficient (Wildman–Crippen LogP) is 4.09. The summed E-state index contributed by atoms with van der Waals surface area (Å²) >= 11 is 1.40. The number of fused-ring (bicyclic) bond motifs is 1. The Morgan fingerprint density at radius 3 is 2.29 bits per heavy atom. The number of methoxy groups -OCH3 is 3. The highest BCUT2D eigenvalue weighted by Gasteiger charge is 2.14. The summed E-state index contributed by atoms with van der Waals surface area (Å²) in [5.41, 5.74) is 3.12. The van der Waals surface area contributed by atoms with Crippen molar-refractivity contribution in [3.63, 3.8) is 0 Å². The van der Waals surface area contributed by atoms with Crippen molar-refractivity contribution in [1.29, 1.82) is 0 Å². The van der Waals surface area contributed by atoms with Gasteiger partial charge in [-0.3, -0.25) is 14.9 Å². The zero-order valence-corrected chi connectivity index (χ0v) is 20.3. The van der Waals surface area contributed by atoms with Crippen molar-refractivity contribution in [3.8, 4) is 28.5 Å². The Morgan fingerprint density at radius 1 is 1.00 bits per heavy atom. The van der Waals surface area contributed by atoms with Gasteiger partial charge >= 0.3 is 0 Å². The predicted molar refractivity (Wildman–Crippen MR) is 134 cm³/mol. The topological polar surface area (TPSA) is 116 Å². The van der Waals surface area contributed by atoms with Gasteiger partial charge < -0.3 is 19.5 Å². The van der Waals surface area contributed by atoms with Gasteiger partial charge in [0.2, 0.25) is 16.6 Å². The summed E-state index contributed by atoms with van der Waals surface area (Å²) in [4.78, 5) is 28.7. The zero-order chi connectivity index (χ0) is 24.9. The molecule has 2 aromatic carbocycles. The Labute approximate surface area is 205 Å². The first-order valence-electron chi connectivity index (χ1n) is 10.4. The molecule has 0 saturated heterocycles. The van der Waals surface area contributed by atoms with Crippen molar-refractivity contribution in [2.45, 2.75) is 6.92 Å². The normalized spacial score (nSPS) is 11.0. The van der Waals surface area contributed by atoms with Crippen LogP contribution >= 0.6 is 11.3 Å². The van der Waals surface area contributed by atoms with E-state index in [0.29, 0.717) is 33.5 Å². The molecule has 2 amide bonds. The molecule has 4 rings (SSSR count). The molecule has 0 aliphatic carbocycles. The first kappa shape index (κ1) is 23.8. The second-order valence-electron chi connectivity index (χ2n) is 7.29. The maximum absolute atomic E-state index is 12.5. The lowest BCUT2D eigenvalue weighted by Crippen LogP contribution is -2.09. The van der Waals surface area contributed by atoms with Crippen LogP contribution in [-0.4, -0.2) is 47.7 Å². The van der Waals surface area contributed by atoms with E-state index >= 15 is 0 Å². The molecule has 0 fully saturated rings. The molecule has 0 atom stereocenters. The highest BCUT2D eigenvalue weighted by Crippen LogP contribution is 2.38. The molecule has 2 heterocycles. The van der Waals surface area contributed by atoms with Crippen LogP contribution in [0.4, 0.5) is 11.6 Å². The Morgan fingerprint density at radius 2 is 1.69 bits per heavy atom. The molecule has 0 bridgehead atoms. The van der Waals surface area contributed by atoms with Crippen molar-refractivity contribution in [2.24, 2.45) is 0 Å². The Balaban J connectivity index is 1.50. The first-order valence-corrected chi connectivity index (χ1v) is 11.3. The minimum atomic E-state index is -0.391. The fraction of sp³-hybridized carbons (Fsp3) is 0.167. The number of rotatable bonds is 8. The van der Waals surface area contributed by atoms with Crippen LogP contribution in [0.2, 0.25) is 0 Å². The Bertz CT molecular complexity index is 1380. The smallest absolute Gasteiger partial charge is 0.250 e. The van der Waals surface area contributed by atoms with Crippen LogP contribution in [0, 0.1) is 0 Å². The Hall–Kier alpha value is -4.38. The van der Waals surface area contributed by atoms with Crippen LogP contribution < -0.4 is 24.8 Å². The van der Waals surface area contributed by atoms with E-state index in [4.69, 9.17) is 14.2 Å². The maximum atomic E-state index is 12.5. The largest absolute Gasteiger partial charge is 0.493 e. The standard InChI is InChI=1S/C24H23N5O5S/c1-14(30)25-17-8-6-16(7-9-17)18-13-35-24-27-23(28-29(18)24)26-21(31)10-5-15-11-19(32-2)22(34-4)20(12-15)33-3/h5-13H,1-4H3,(H,25,30)(H,26,28,31)/b10-5+. The Kier molecular flexibility index (Phi) is 6.97. The summed E-state index contributed by atoms with van der Waals surface area (Å²) in [5, 5.41) is 11.8. The van der Waals surface area contributed by atoms with E-state index in [0.717, 1.165) is 11.3 Å². The molecule has 0 aliphatic heterocycles. The molecular formula is C24H23N5O5S. The summed E-state index contributed by atoms with van der Waals surface area (Å²) < 4.78 is 17.7. The van der Waals surface area contributed by atoms with Crippen LogP contribution in [0.15, 0.2) is 47.9 Å².